The number of aromatic nitrogens is 2. The van der Waals surface area contributed by atoms with E-state index in [2.05, 4.69) is 53.6 Å². The van der Waals surface area contributed by atoms with Gasteiger partial charge in [0.1, 0.15) is 6.07 Å². The predicted octanol–water partition coefficient (Wildman–Crippen LogP) is 5.19. The van der Waals surface area contributed by atoms with Crippen LogP contribution in [-0.2, 0) is 13.0 Å². The second-order valence-electron chi connectivity index (χ2n) is 7.17. The molecule has 0 fully saturated rings. The van der Waals surface area contributed by atoms with Crippen molar-refractivity contribution in [3.63, 3.8) is 0 Å². The number of hydrogen-bond donors (Lipinski definition) is 1. The van der Waals surface area contributed by atoms with E-state index in [9.17, 15) is 0 Å². The average Bonchev–Trinajstić information content (AvgIpc) is 3.20. The van der Waals surface area contributed by atoms with Gasteiger partial charge in [-0.25, -0.2) is 0 Å². The highest BCUT2D eigenvalue weighted by Gasteiger charge is 2.10. The van der Waals surface area contributed by atoms with Gasteiger partial charge >= 0.3 is 0 Å². The lowest BCUT2D eigenvalue weighted by molar-refractivity contribution is 0.487. The Balaban J connectivity index is 1.41. The van der Waals surface area contributed by atoms with E-state index in [-0.39, 0.29) is 6.04 Å². The molecular formula is C24H21ClN4. The van der Waals surface area contributed by atoms with Crippen LogP contribution in [0.4, 0.5) is 0 Å². The Morgan fingerprint density at radius 3 is 2.72 bits per heavy atom. The summed E-state index contributed by atoms with van der Waals surface area (Å²) in [6.45, 7) is 0.648. The molecule has 0 unspecified atom stereocenters. The highest BCUT2D eigenvalue weighted by atomic mass is 35.5. The van der Waals surface area contributed by atoms with E-state index in [1.807, 2.05) is 23.0 Å². The molecule has 0 spiro atoms. The van der Waals surface area contributed by atoms with Gasteiger partial charge in [0.25, 0.3) is 0 Å². The van der Waals surface area contributed by atoms with Gasteiger partial charge in [-0.15, -0.1) is 0 Å². The zero-order valence-electron chi connectivity index (χ0n) is 15.9. The van der Waals surface area contributed by atoms with Crippen LogP contribution in [-0.4, -0.2) is 15.8 Å². The summed E-state index contributed by atoms with van der Waals surface area (Å²) in [5.41, 5.74) is 9.88. The van der Waals surface area contributed by atoms with Crippen molar-refractivity contribution < 1.29 is 0 Å². The summed E-state index contributed by atoms with van der Waals surface area (Å²) >= 11 is 6.13. The second-order valence-corrected chi connectivity index (χ2v) is 7.57. The van der Waals surface area contributed by atoms with Crippen LogP contribution in [0.5, 0.6) is 0 Å². The van der Waals surface area contributed by atoms with Crippen LogP contribution in [0.3, 0.4) is 0 Å². The van der Waals surface area contributed by atoms with Crippen molar-refractivity contribution in [2.45, 2.75) is 25.4 Å². The van der Waals surface area contributed by atoms with E-state index in [0.717, 1.165) is 24.1 Å². The van der Waals surface area contributed by atoms with Crippen LogP contribution in [0, 0.1) is 11.3 Å². The lowest BCUT2D eigenvalue weighted by Crippen LogP contribution is -2.27. The Hall–Kier alpha value is -3.13. The van der Waals surface area contributed by atoms with Crippen molar-refractivity contribution in [3.05, 3.63) is 89.1 Å². The van der Waals surface area contributed by atoms with Crippen molar-refractivity contribution in [1.29, 1.82) is 5.26 Å². The van der Waals surface area contributed by atoms with Gasteiger partial charge in [0.2, 0.25) is 0 Å². The smallest absolute Gasteiger partial charge is 0.101 e. The minimum absolute atomic E-state index is 0.00581. The molecule has 144 valence electrons. The fourth-order valence-electron chi connectivity index (χ4n) is 3.57. The minimum Gasteiger partial charge on any atom is -0.326 e. The number of nitrogens with zero attached hydrogens (tertiary/aromatic N) is 3. The van der Waals surface area contributed by atoms with Crippen LogP contribution in [0.2, 0.25) is 5.02 Å². The predicted molar refractivity (Wildman–Crippen MR) is 118 cm³/mol. The maximum atomic E-state index is 9.01. The summed E-state index contributed by atoms with van der Waals surface area (Å²) in [7, 11) is 0. The number of rotatable bonds is 6. The molecule has 0 amide bonds. The van der Waals surface area contributed by atoms with E-state index in [1.54, 1.807) is 12.1 Å². The maximum absolute atomic E-state index is 9.01. The Kier molecular flexibility index (Phi) is 5.62. The first-order valence-corrected chi connectivity index (χ1v) is 9.97. The van der Waals surface area contributed by atoms with Crippen LogP contribution >= 0.6 is 11.6 Å². The van der Waals surface area contributed by atoms with Crippen molar-refractivity contribution in [2.75, 3.05) is 0 Å². The molecule has 0 aliphatic rings. The molecule has 0 saturated heterocycles. The highest BCUT2D eigenvalue weighted by molar-refractivity contribution is 6.32. The molecule has 0 saturated carbocycles. The molecule has 0 radical (unpaired) electrons. The molecule has 1 atom stereocenters. The van der Waals surface area contributed by atoms with Gasteiger partial charge in [-0.2, -0.15) is 10.4 Å². The van der Waals surface area contributed by atoms with E-state index in [1.165, 1.54) is 16.3 Å². The number of halogens is 1. The van der Waals surface area contributed by atoms with Gasteiger partial charge in [-0.1, -0.05) is 60.1 Å². The molecule has 4 nitrogen and oxygen atoms in total. The second kappa shape index (κ2) is 8.48. The zero-order chi connectivity index (χ0) is 20.2. The zero-order valence-corrected chi connectivity index (χ0v) is 16.7. The topological polar surface area (TPSA) is 67.6 Å². The van der Waals surface area contributed by atoms with Gasteiger partial charge in [0.05, 0.1) is 22.8 Å². The highest BCUT2D eigenvalue weighted by Crippen LogP contribution is 2.24. The maximum Gasteiger partial charge on any atom is 0.101 e. The van der Waals surface area contributed by atoms with Crippen molar-refractivity contribution >= 4 is 22.4 Å². The monoisotopic (exact) mass is 400 g/mol. The number of fused-ring (bicyclic) bond motifs is 1. The molecule has 4 aromatic rings. The standard InChI is InChI=1S/C24H21ClN4/c25-23-14-19(8-9-20(23)15-26)24-12-13-29(28-24)16-21(27)11-10-18-6-3-5-17-4-1-2-7-22(17)18/h1-9,12-14,21H,10-11,16,27H2/t21-/m1/s1. The Labute approximate surface area is 175 Å². The summed E-state index contributed by atoms with van der Waals surface area (Å²) < 4.78 is 1.87. The molecule has 0 aliphatic carbocycles. The molecule has 4 rings (SSSR count). The fourth-order valence-corrected chi connectivity index (χ4v) is 3.79. The number of benzene rings is 3. The van der Waals surface area contributed by atoms with Crippen molar-refractivity contribution in [3.8, 4) is 17.3 Å². The van der Waals surface area contributed by atoms with Crippen LogP contribution in [0.25, 0.3) is 22.0 Å². The first-order valence-electron chi connectivity index (χ1n) is 9.60. The van der Waals surface area contributed by atoms with E-state index < -0.39 is 0 Å². The molecule has 29 heavy (non-hydrogen) atoms. The molecule has 1 heterocycles. The largest absolute Gasteiger partial charge is 0.326 e. The fraction of sp³-hybridized carbons (Fsp3) is 0.167. The number of hydrogen-bond acceptors (Lipinski definition) is 3. The van der Waals surface area contributed by atoms with Crippen molar-refractivity contribution in [1.82, 2.24) is 9.78 Å². The molecule has 5 heteroatoms. The first-order chi connectivity index (χ1) is 14.1. The summed E-state index contributed by atoms with van der Waals surface area (Å²) in [5.74, 6) is 0. The molecular weight excluding hydrogens is 380 g/mol. The van der Waals surface area contributed by atoms with Gasteiger partial charge in [-0.3, -0.25) is 4.68 Å². The third kappa shape index (κ3) is 4.32. The third-order valence-corrected chi connectivity index (χ3v) is 5.42. The van der Waals surface area contributed by atoms with E-state index in [0.29, 0.717) is 17.1 Å². The molecule has 0 aliphatic heterocycles. The van der Waals surface area contributed by atoms with Gasteiger partial charge in [0.15, 0.2) is 0 Å². The van der Waals surface area contributed by atoms with Gasteiger partial charge < -0.3 is 5.73 Å². The summed E-state index contributed by atoms with van der Waals surface area (Å²) in [4.78, 5) is 0. The molecule has 3 aromatic carbocycles. The molecule has 0 bridgehead atoms. The van der Waals surface area contributed by atoms with Gasteiger partial charge in [-0.05, 0) is 47.4 Å². The van der Waals surface area contributed by atoms with Crippen LogP contribution < -0.4 is 5.73 Å². The average molecular weight is 401 g/mol. The summed E-state index contributed by atoms with van der Waals surface area (Å²) in [6.07, 6.45) is 3.74. The van der Waals surface area contributed by atoms with Crippen molar-refractivity contribution in [2.24, 2.45) is 5.73 Å². The van der Waals surface area contributed by atoms with Crippen LogP contribution in [0.15, 0.2) is 72.9 Å². The summed E-state index contributed by atoms with van der Waals surface area (Å²) in [6, 6.07) is 24.2. The van der Waals surface area contributed by atoms with E-state index >= 15 is 0 Å². The summed E-state index contributed by atoms with van der Waals surface area (Å²) in [5, 5.41) is 16.6. The third-order valence-electron chi connectivity index (χ3n) is 5.11. The Morgan fingerprint density at radius 1 is 1.07 bits per heavy atom. The lowest BCUT2D eigenvalue weighted by Gasteiger charge is -2.13. The first kappa shape index (κ1) is 19.2. The SMILES string of the molecule is N#Cc1ccc(-c2ccn(C[C@H](N)CCc3cccc4ccccc34)n2)cc1Cl. The number of aryl methyl sites for hydroxylation is 1. The number of nitrogens with two attached hydrogens (primary N) is 1. The Bertz CT molecular complexity index is 1180. The molecule has 1 aromatic heterocycles. The minimum atomic E-state index is 0.00581. The quantitative estimate of drug-likeness (QED) is 0.484. The molecule has 2 N–H and O–H groups in total. The lowest BCUT2D eigenvalue weighted by atomic mass is 9.99. The van der Waals surface area contributed by atoms with Crippen LogP contribution in [0.1, 0.15) is 17.5 Å². The van der Waals surface area contributed by atoms with Gasteiger partial charge in [0, 0.05) is 17.8 Å². The normalized spacial score (nSPS) is 12.0. The van der Waals surface area contributed by atoms with E-state index in [4.69, 9.17) is 22.6 Å². The number of nitriles is 1. The Morgan fingerprint density at radius 2 is 1.90 bits per heavy atom.